The Hall–Kier alpha value is -6.01. The third kappa shape index (κ3) is 11.5. The van der Waals surface area contributed by atoms with Gasteiger partial charge in [0.15, 0.2) is 0 Å². The van der Waals surface area contributed by atoms with Gasteiger partial charge in [0, 0.05) is 26.7 Å². The van der Waals surface area contributed by atoms with Gasteiger partial charge in [0.2, 0.25) is 23.6 Å². The van der Waals surface area contributed by atoms with Crippen molar-refractivity contribution in [2.24, 2.45) is 0 Å². The normalized spacial score (nSPS) is 19.0. The average Bonchev–Trinajstić information content (AvgIpc) is 3.72. The first-order valence-electron chi connectivity index (χ1n) is 19.2. The van der Waals surface area contributed by atoms with E-state index in [0.29, 0.717) is 6.42 Å². The van der Waals surface area contributed by atoms with Crippen molar-refractivity contribution in [3.8, 4) is 5.75 Å². The molecule has 0 saturated carbocycles. The molecule has 0 unspecified atom stereocenters. The Morgan fingerprint density at radius 3 is 2.05 bits per heavy atom. The number of rotatable bonds is 9. The number of ether oxygens (including phenoxy) is 1. The van der Waals surface area contributed by atoms with Gasteiger partial charge in [-0.05, 0) is 66.7 Å². The highest BCUT2D eigenvalue weighted by molar-refractivity contribution is 6.01. The number of likely N-dealkylation sites (tertiary alicyclic amines) is 1. The van der Waals surface area contributed by atoms with E-state index in [1.807, 2.05) is 72.8 Å². The summed E-state index contributed by atoms with van der Waals surface area (Å²) >= 11 is 0. The molecule has 0 aliphatic carbocycles. The minimum Gasteiger partial charge on any atom is -0.491 e. The molecule has 1 fully saturated rings. The number of amides is 5. The van der Waals surface area contributed by atoms with Crippen molar-refractivity contribution in [3.05, 3.63) is 137 Å². The first-order chi connectivity index (χ1) is 27.2. The van der Waals surface area contributed by atoms with Gasteiger partial charge in [-0.25, -0.2) is 0 Å². The van der Waals surface area contributed by atoms with Crippen LogP contribution in [0, 0.1) is 0 Å². The Kier molecular flexibility index (Phi) is 13.8. The predicted molar refractivity (Wildman–Crippen MR) is 212 cm³/mol. The van der Waals surface area contributed by atoms with Crippen LogP contribution in [0.15, 0.2) is 109 Å². The lowest BCUT2D eigenvalue weighted by atomic mass is 10.1. The maximum atomic E-state index is 14.1. The average molecular weight is 759 g/mol. The lowest BCUT2D eigenvalue weighted by Crippen LogP contribution is -2.50. The monoisotopic (exact) mass is 758 g/mol. The van der Waals surface area contributed by atoms with Gasteiger partial charge in [0.05, 0.1) is 24.6 Å². The fraction of sp³-hybridized carbons (Fsp3) is 0.341. The van der Waals surface area contributed by atoms with Gasteiger partial charge in [-0.15, -0.1) is 0 Å². The zero-order valence-corrected chi connectivity index (χ0v) is 31.8. The lowest BCUT2D eigenvalue weighted by molar-refractivity contribution is -0.142. The van der Waals surface area contributed by atoms with Crippen LogP contribution in [0.2, 0.25) is 0 Å². The van der Waals surface area contributed by atoms with Crippen molar-refractivity contribution in [1.82, 2.24) is 30.7 Å². The number of fused-ring (bicyclic) bond motifs is 1. The highest BCUT2D eigenvalue weighted by Crippen LogP contribution is 2.20. The van der Waals surface area contributed by atoms with E-state index in [2.05, 4.69) is 33.0 Å². The van der Waals surface area contributed by atoms with E-state index in [-0.39, 0.29) is 44.1 Å². The van der Waals surface area contributed by atoms with Crippen molar-refractivity contribution >= 4 is 29.5 Å². The summed E-state index contributed by atoms with van der Waals surface area (Å²) in [7, 11) is 1.51. The molecule has 2 aliphatic rings. The molecule has 3 N–H and O–H groups in total. The largest absolute Gasteiger partial charge is 0.491 e. The number of nitrogens with zero attached hydrogens (tertiary/aromatic N) is 3. The molecule has 0 radical (unpaired) electrons. The van der Waals surface area contributed by atoms with Crippen LogP contribution in [-0.2, 0) is 45.2 Å². The van der Waals surface area contributed by atoms with Crippen LogP contribution < -0.4 is 20.7 Å². The molecule has 0 spiro atoms. The zero-order chi connectivity index (χ0) is 39.3. The Morgan fingerprint density at radius 2 is 1.34 bits per heavy atom. The van der Waals surface area contributed by atoms with Gasteiger partial charge in [0.1, 0.15) is 24.9 Å². The predicted octanol–water partition coefficient (Wildman–Crippen LogP) is 3.69. The minimum atomic E-state index is -1.28. The topological polar surface area (TPSA) is 140 Å². The Labute approximate surface area is 328 Å². The zero-order valence-electron chi connectivity index (χ0n) is 31.8. The van der Waals surface area contributed by atoms with E-state index in [0.717, 1.165) is 36.3 Å². The quantitative estimate of drug-likeness (QED) is 0.237. The Bertz CT molecular complexity index is 1950. The van der Waals surface area contributed by atoms with E-state index in [9.17, 15) is 24.0 Å². The fourth-order valence-corrected chi connectivity index (χ4v) is 6.94. The summed E-state index contributed by atoms with van der Waals surface area (Å²) in [4.78, 5) is 74.0. The van der Waals surface area contributed by atoms with Crippen molar-refractivity contribution in [1.29, 1.82) is 0 Å². The molecule has 292 valence electrons. The van der Waals surface area contributed by atoms with Crippen LogP contribution in [0.1, 0.15) is 51.9 Å². The minimum absolute atomic E-state index is 0.0205. The molecule has 56 heavy (non-hydrogen) atoms. The number of benzene rings is 4. The van der Waals surface area contributed by atoms with Crippen molar-refractivity contribution in [2.75, 3.05) is 39.8 Å². The number of carbonyl (C=O) groups is 5. The Balaban J connectivity index is 1.26. The molecular weight excluding hydrogens is 709 g/mol. The van der Waals surface area contributed by atoms with Crippen LogP contribution in [0.4, 0.5) is 0 Å². The van der Waals surface area contributed by atoms with Gasteiger partial charge in [0.25, 0.3) is 5.91 Å². The molecule has 1 saturated heterocycles. The van der Waals surface area contributed by atoms with E-state index >= 15 is 0 Å². The van der Waals surface area contributed by atoms with Gasteiger partial charge in [-0.3, -0.25) is 28.9 Å². The van der Waals surface area contributed by atoms with Crippen molar-refractivity contribution in [3.63, 3.8) is 0 Å². The molecule has 0 bridgehead atoms. The van der Waals surface area contributed by atoms with Crippen molar-refractivity contribution in [2.45, 2.75) is 57.4 Å². The van der Waals surface area contributed by atoms with Gasteiger partial charge in [-0.2, -0.15) is 0 Å². The van der Waals surface area contributed by atoms with Gasteiger partial charge >= 0.3 is 0 Å². The molecule has 2 atom stereocenters. The second-order valence-electron chi connectivity index (χ2n) is 14.5. The molecule has 0 aromatic heterocycles. The van der Waals surface area contributed by atoms with Crippen LogP contribution in [0.3, 0.4) is 0 Å². The summed E-state index contributed by atoms with van der Waals surface area (Å²) in [5.41, 5.74) is 3.96. The molecule has 4 aromatic rings. The second kappa shape index (κ2) is 19.5. The number of nitrogens with one attached hydrogen (secondary N) is 3. The smallest absolute Gasteiger partial charge is 0.255 e. The maximum absolute atomic E-state index is 14.1. The van der Waals surface area contributed by atoms with Gasteiger partial charge in [-0.1, -0.05) is 97.1 Å². The van der Waals surface area contributed by atoms with E-state index in [4.69, 9.17) is 4.74 Å². The van der Waals surface area contributed by atoms with Gasteiger partial charge < -0.3 is 30.5 Å². The fourth-order valence-electron chi connectivity index (χ4n) is 6.94. The number of likely N-dealkylation sites (N-methyl/N-ethyl adjacent to an activating group) is 1. The Morgan fingerprint density at radius 1 is 0.714 bits per heavy atom. The molecule has 12 heteroatoms. The first-order valence-corrected chi connectivity index (χ1v) is 19.2. The SMILES string of the molecule is CN1CC(=O)N[C@H](Cc2ccccc2)COc2ccccc2C(=O)N[C@H](C(=O)NCc2ccc(CN3CCCC3)cc2)CC(=O)N(Cc2ccccc2)CC1=O. The van der Waals surface area contributed by atoms with E-state index in [1.165, 1.54) is 35.3 Å². The maximum Gasteiger partial charge on any atom is 0.255 e. The summed E-state index contributed by atoms with van der Waals surface area (Å²) in [6.07, 6.45) is 2.45. The summed E-state index contributed by atoms with van der Waals surface area (Å²) in [5, 5.41) is 8.70. The molecule has 2 aliphatic heterocycles. The highest BCUT2D eigenvalue weighted by atomic mass is 16.5. The second-order valence-corrected chi connectivity index (χ2v) is 14.5. The molecule has 5 amide bonds. The highest BCUT2D eigenvalue weighted by Gasteiger charge is 2.30. The number of para-hydroxylation sites is 1. The molecule has 4 aromatic carbocycles. The molecular formula is C44H50N6O6. The third-order valence-corrected chi connectivity index (χ3v) is 10.1. The van der Waals surface area contributed by atoms with E-state index in [1.54, 1.807) is 24.3 Å². The summed E-state index contributed by atoms with van der Waals surface area (Å²) in [6.45, 7) is 2.76. The van der Waals surface area contributed by atoms with Crippen LogP contribution in [-0.4, -0.2) is 96.2 Å². The van der Waals surface area contributed by atoms with Crippen LogP contribution in [0.5, 0.6) is 5.75 Å². The summed E-state index contributed by atoms with van der Waals surface area (Å²) in [6, 6.07) is 31.7. The molecule has 12 nitrogen and oxygen atoms in total. The third-order valence-electron chi connectivity index (χ3n) is 10.1. The first kappa shape index (κ1) is 39.7. The van der Waals surface area contributed by atoms with Crippen LogP contribution >= 0.6 is 0 Å². The summed E-state index contributed by atoms with van der Waals surface area (Å²) < 4.78 is 6.19. The number of hydrogen-bond acceptors (Lipinski definition) is 7. The van der Waals surface area contributed by atoms with E-state index < -0.39 is 48.0 Å². The molecule has 2 heterocycles. The van der Waals surface area contributed by atoms with Crippen LogP contribution in [0.25, 0.3) is 0 Å². The molecule has 6 rings (SSSR count). The lowest BCUT2D eigenvalue weighted by Gasteiger charge is -2.27. The van der Waals surface area contributed by atoms with Crippen molar-refractivity contribution < 1.29 is 28.7 Å². The number of hydrogen-bond donors (Lipinski definition) is 3. The number of carbonyl (C=O) groups excluding carboxylic acids is 5. The summed E-state index contributed by atoms with van der Waals surface area (Å²) in [5.74, 6) is -2.30. The standard InChI is InChI=1S/C44H50N6O6/c1-48-29-40(51)46-36(24-32-12-4-2-5-13-32)31-56-39-17-9-8-16-37(39)43(54)47-38(25-41(52)50(30-42(48)53)28-34-14-6-3-7-15-34)44(55)45-26-33-18-20-35(21-19-33)27-49-22-10-11-23-49/h2-9,12-21,36,38H,10-11,22-31H2,1H3,(H,45,55)(H,46,51)(H,47,54)/t36-,38+/m1/s1.